The van der Waals surface area contributed by atoms with Crippen LogP contribution < -0.4 is 10.5 Å². The fraction of sp³-hybridized carbons (Fsp3) is 0.360. The molecule has 1 aliphatic heterocycles. The van der Waals surface area contributed by atoms with Gasteiger partial charge in [0.15, 0.2) is 5.82 Å². The number of fused-ring (bicyclic) bond motifs is 2. The third kappa shape index (κ3) is 3.11. The number of tetrazole rings is 1. The Kier molecular flexibility index (Phi) is 4.56. The Bertz CT molecular complexity index is 1350. The summed E-state index contributed by atoms with van der Waals surface area (Å²) in [6.45, 7) is 2.86. The Labute approximate surface area is 186 Å². The molecular formula is C25H26N6O. The highest BCUT2D eigenvalue weighted by Crippen LogP contribution is 2.39. The van der Waals surface area contributed by atoms with Crippen molar-refractivity contribution >= 4 is 16.6 Å². The Morgan fingerprint density at radius 1 is 1.09 bits per heavy atom. The molecule has 0 saturated heterocycles. The smallest absolute Gasteiger partial charge is 0.254 e. The number of rotatable bonds is 4. The van der Waals surface area contributed by atoms with Gasteiger partial charge in [0.05, 0.1) is 6.04 Å². The lowest BCUT2D eigenvalue weighted by molar-refractivity contribution is 0.428. The highest BCUT2D eigenvalue weighted by Gasteiger charge is 2.35. The first-order chi connectivity index (χ1) is 15.7. The molecule has 3 heterocycles. The Morgan fingerprint density at radius 3 is 2.81 bits per heavy atom. The molecule has 2 aromatic heterocycles. The summed E-state index contributed by atoms with van der Waals surface area (Å²) in [5.41, 5.74) is 5.03. The summed E-state index contributed by atoms with van der Waals surface area (Å²) in [6, 6.07) is 16.6. The summed E-state index contributed by atoms with van der Waals surface area (Å²) in [4.78, 5) is 18.8. The molecule has 0 amide bonds. The van der Waals surface area contributed by atoms with E-state index in [1.54, 1.807) is 0 Å². The maximum Gasteiger partial charge on any atom is 0.254 e. The second-order valence-corrected chi connectivity index (χ2v) is 9.04. The molecule has 2 aliphatic rings. The molecule has 1 atom stereocenters. The van der Waals surface area contributed by atoms with Crippen LogP contribution in [0.25, 0.3) is 10.9 Å². The van der Waals surface area contributed by atoms with E-state index in [0.29, 0.717) is 11.6 Å². The van der Waals surface area contributed by atoms with E-state index < -0.39 is 0 Å². The quantitative estimate of drug-likeness (QED) is 0.532. The number of anilines is 1. The first-order valence-electron chi connectivity index (χ1n) is 11.4. The largest absolute Gasteiger partial charge is 0.357 e. The van der Waals surface area contributed by atoms with Crippen molar-refractivity contribution in [2.45, 2.75) is 51.1 Å². The third-order valence-electron chi connectivity index (χ3n) is 6.99. The van der Waals surface area contributed by atoms with Crippen molar-refractivity contribution < 1.29 is 0 Å². The van der Waals surface area contributed by atoms with Gasteiger partial charge in [-0.3, -0.25) is 4.79 Å². The SMILES string of the molecule is Cc1ccc2cc(C(c3nnnn3C3CCCC3)N3CCc4ccccc43)c(=O)[nH]c2c1. The van der Waals surface area contributed by atoms with Gasteiger partial charge in [-0.1, -0.05) is 43.2 Å². The molecule has 4 aromatic rings. The van der Waals surface area contributed by atoms with Gasteiger partial charge in [0.25, 0.3) is 5.56 Å². The molecule has 32 heavy (non-hydrogen) atoms. The number of aryl methyl sites for hydroxylation is 1. The van der Waals surface area contributed by atoms with Gasteiger partial charge >= 0.3 is 0 Å². The standard InChI is InChI=1S/C25H26N6O/c1-16-10-11-18-15-20(25(32)26-21(18)14-16)23(30-13-12-17-6-2-5-9-22(17)30)24-27-28-29-31(24)19-7-3-4-8-19/h2,5-6,9-11,14-15,19,23H,3-4,7-8,12-13H2,1H3,(H,26,32). The minimum absolute atomic E-state index is 0.0848. The lowest BCUT2D eigenvalue weighted by Crippen LogP contribution is -2.34. The molecule has 1 N–H and O–H groups in total. The molecule has 0 bridgehead atoms. The molecule has 2 aromatic carbocycles. The maximum absolute atomic E-state index is 13.4. The first-order valence-corrected chi connectivity index (χ1v) is 11.4. The molecule has 0 spiro atoms. The molecule has 1 saturated carbocycles. The maximum atomic E-state index is 13.4. The summed E-state index contributed by atoms with van der Waals surface area (Å²) in [5.74, 6) is 0.755. The summed E-state index contributed by atoms with van der Waals surface area (Å²) in [5, 5.41) is 14.0. The summed E-state index contributed by atoms with van der Waals surface area (Å²) < 4.78 is 1.98. The van der Waals surface area contributed by atoms with Crippen LogP contribution in [-0.4, -0.2) is 31.7 Å². The molecule has 162 valence electrons. The second kappa shape index (κ2) is 7.58. The lowest BCUT2D eigenvalue weighted by atomic mass is 10.0. The molecular weight excluding hydrogens is 400 g/mol. The van der Waals surface area contributed by atoms with Gasteiger partial charge in [-0.15, -0.1) is 5.10 Å². The zero-order valence-corrected chi connectivity index (χ0v) is 18.2. The molecule has 7 heteroatoms. The molecule has 1 unspecified atom stereocenters. The van der Waals surface area contributed by atoms with Crippen molar-refractivity contribution in [3.8, 4) is 0 Å². The zero-order chi connectivity index (χ0) is 21.7. The van der Waals surface area contributed by atoms with E-state index in [2.05, 4.69) is 61.8 Å². The van der Waals surface area contributed by atoms with Gasteiger partial charge in [0.2, 0.25) is 0 Å². The van der Waals surface area contributed by atoms with Crippen molar-refractivity contribution in [1.82, 2.24) is 25.2 Å². The monoisotopic (exact) mass is 426 g/mol. The fourth-order valence-electron chi connectivity index (χ4n) is 5.40. The molecule has 1 fully saturated rings. The van der Waals surface area contributed by atoms with Crippen LogP contribution in [0.3, 0.4) is 0 Å². The number of para-hydroxylation sites is 1. The zero-order valence-electron chi connectivity index (χ0n) is 18.2. The third-order valence-corrected chi connectivity index (χ3v) is 6.99. The van der Waals surface area contributed by atoms with Crippen molar-refractivity contribution in [1.29, 1.82) is 0 Å². The van der Waals surface area contributed by atoms with Crippen molar-refractivity contribution in [3.05, 3.63) is 81.4 Å². The van der Waals surface area contributed by atoms with Gasteiger partial charge in [-0.25, -0.2) is 4.68 Å². The van der Waals surface area contributed by atoms with E-state index in [-0.39, 0.29) is 11.6 Å². The van der Waals surface area contributed by atoms with Crippen LogP contribution in [0.4, 0.5) is 5.69 Å². The predicted octanol–water partition coefficient (Wildman–Crippen LogP) is 4.09. The number of nitrogens with zero attached hydrogens (tertiary/aromatic N) is 5. The van der Waals surface area contributed by atoms with Crippen LogP contribution in [0.2, 0.25) is 0 Å². The number of nitrogens with one attached hydrogen (secondary N) is 1. The van der Waals surface area contributed by atoms with Gasteiger partial charge in [0, 0.05) is 23.3 Å². The Morgan fingerprint density at radius 2 is 1.94 bits per heavy atom. The van der Waals surface area contributed by atoms with Crippen LogP contribution in [0.1, 0.15) is 60.3 Å². The van der Waals surface area contributed by atoms with E-state index in [4.69, 9.17) is 0 Å². The summed E-state index contributed by atoms with van der Waals surface area (Å²) in [6.07, 6.45) is 5.49. The van der Waals surface area contributed by atoms with Gasteiger partial charge in [-0.2, -0.15) is 0 Å². The summed E-state index contributed by atoms with van der Waals surface area (Å²) >= 11 is 0. The Balaban J connectivity index is 1.56. The second-order valence-electron chi connectivity index (χ2n) is 9.04. The van der Waals surface area contributed by atoms with E-state index in [1.807, 2.05) is 23.7 Å². The Hall–Kier alpha value is -3.48. The average molecular weight is 427 g/mol. The molecule has 1 aliphatic carbocycles. The van der Waals surface area contributed by atoms with Crippen LogP contribution in [-0.2, 0) is 6.42 Å². The van der Waals surface area contributed by atoms with E-state index in [1.165, 1.54) is 18.4 Å². The molecule has 6 rings (SSSR count). The van der Waals surface area contributed by atoms with Gasteiger partial charge in [0.1, 0.15) is 6.04 Å². The number of aromatic nitrogens is 5. The topological polar surface area (TPSA) is 79.7 Å². The van der Waals surface area contributed by atoms with E-state index in [0.717, 1.165) is 53.8 Å². The number of benzene rings is 2. The highest BCUT2D eigenvalue weighted by molar-refractivity contribution is 5.80. The minimum atomic E-state index is -0.344. The van der Waals surface area contributed by atoms with Gasteiger partial charge in [-0.05, 0) is 71.3 Å². The van der Waals surface area contributed by atoms with Crippen molar-refractivity contribution in [3.63, 3.8) is 0 Å². The number of pyridine rings is 1. The van der Waals surface area contributed by atoms with Crippen LogP contribution in [0.5, 0.6) is 0 Å². The highest BCUT2D eigenvalue weighted by atomic mass is 16.1. The fourth-order valence-corrected chi connectivity index (χ4v) is 5.40. The van der Waals surface area contributed by atoms with Crippen molar-refractivity contribution in [2.24, 2.45) is 0 Å². The van der Waals surface area contributed by atoms with Crippen LogP contribution in [0, 0.1) is 6.92 Å². The lowest BCUT2D eigenvalue weighted by Gasteiger charge is -2.30. The number of H-pyrrole nitrogens is 1. The number of hydrogen-bond donors (Lipinski definition) is 1. The number of hydrogen-bond acceptors (Lipinski definition) is 5. The van der Waals surface area contributed by atoms with Gasteiger partial charge < -0.3 is 9.88 Å². The van der Waals surface area contributed by atoms with Crippen LogP contribution in [0.15, 0.2) is 53.3 Å². The van der Waals surface area contributed by atoms with Crippen LogP contribution >= 0.6 is 0 Å². The molecule has 0 radical (unpaired) electrons. The predicted molar refractivity (Wildman–Crippen MR) is 124 cm³/mol. The minimum Gasteiger partial charge on any atom is -0.357 e. The summed E-state index contributed by atoms with van der Waals surface area (Å²) in [7, 11) is 0. The van der Waals surface area contributed by atoms with E-state index >= 15 is 0 Å². The van der Waals surface area contributed by atoms with E-state index in [9.17, 15) is 4.79 Å². The normalized spacial score (nSPS) is 17.2. The first kappa shape index (κ1) is 19.2. The number of aromatic amines is 1. The average Bonchev–Trinajstić information content (AvgIpc) is 3.56. The molecule has 7 nitrogen and oxygen atoms in total. The van der Waals surface area contributed by atoms with Crippen molar-refractivity contribution in [2.75, 3.05) is 11.4 Å².